The number of ether oxygens (including phenoxy) is 1. The highest BCUT2D eigenvalue weighted by molar-refractivity contribution is 6.02. The normalized spacial score (nSPS) is 12.7. The van der Waals surface area contributed by atoms with Gasteiger partial charge in [0, 0.05) is 25.2 Å². The van der Waals surface area contributed by atoms with E-state index in [1.807, 2.05) is 6.92 Å². The summed E-state index contributed by atoms with van der Waals surface area (Å²) >= 11 is 0. The lowest BCUT2D eigenvalue weighted by Gasteiger charge is -2.28. The number of non-ortho nitro benzene ring substituents is 1. The predicted octanol–water partition coefficient (Wildman–Crippen LogP) is 0.468. The number of hydrogen-bond donors (Lipinski definition) is 2. The molecule has 1 aliphatic rings. The van der Waals surface area contributed by atoms with E-state index in [9.17, 15) is 19.7 Å². The summed E-state index contributed by atoms with van der Waals surface area (Å²) in [6.07, 6.45) is 0. The minimum atomic E-state index is -0.561. The number of nitro groups is 1. The van der Waals surface area contributed by atoms with Gasteiger partial charge in [-0.1, -0.05) is 6.92 Å². The number of carbonyl (C=O) groups excluding carboxylic acids is 2. The minimum Gasteiger partial charge on any atom is -0.482 e. The van der Waals surface area contributed by atoms with Gasteiger partial charge >= 0.3 is 0 Å². The number of nitro benzene ring substituents is 1. The van der Waals surface area contributed by atoms with Gasteiger partial charge in [0.05, 0.1) is 10.6 Å². The molecule has 1 aliphatic heterocycles. The van der Waals surface area contributed by atoms with Crippen molar-refractivity contribution in [3.63, 3.8) is 0 Å². The SMILES string of the molecule is CCNCCNC(=O)CN1C(=O)COc2ccc([N+](=O)[O-])cc21.Cl. The van der Waals surface area contributed by atoms with E-state index in [0.717, 1.165) is 6.54 Å². The molecule has 0 saturated carbocycles. The van der Waals surface area contributed by atoms with Crippen LogP contribution in [-0.4, -0.2) is 49.5 Å². The number of carbonyl (C=O) groups is 2. The monoisotopic (exact) mass is 358 g/mol. The van der Waals surface area contributed by atoms with Crippen molar-refractivity contribution in [1.82, 2.24) is 10.6 Å². The molecule has 0 aliphatic carbocycles. The lowest BCUT2D eigenvalue weighted by molar-refractivity contribution is -0.384. The van der Waals surface area contributed by atoms with Crippen LogP contribution >= 0.6 is 12.4 Å². The van der Waals surface area contributed by atoms with Crippen LogP contribution in [0.1, 0.15) is 6.92 Å². The van der Waals surface area contributed by atoms with Crippen LogP contribution in [0.4, 0.5) is 11.4 Å². The summed E-state index contributed by atoms with van der Waals surface area (Å²) in [5, 5.41) is 16.6. The topological polar surface area (TPSA) is 114 Å². The molecule has 1 aromatic carbocycles. The summed E-state index contributed by atoms with van der Waals surface area (Å²) in [6.45, 7) is 3.42. The maximum Gasteiger partial charge on any atom is 0.271 e. The van der Waals surface area contributed by atoms with Gasteiger partial charge < -0.3 is 15.4 Å². The molecule has 2 amide bonds. The first kappa shape index (κ1) is 19.7. The zero-order chi connectivity index (χ0) is 16.8. The third-order valence-corrected chi connectivity index (χ3v) is 3.27. The first-order chi connectivity index (χ1) is 11.0. The Kier molecular flexibility index (Phi) is 7.40. The fraction of sp³-hybridized carbons (Fsp3) is 0.429. The van der Waals surface area contributed by atoms with Crippen molar-refractivity contribution in [3.8, 4) is 5.75 Å². The Morgan fingerprint density at radius 2 is 2.17 bits per heavy atom. The van der Waals surface area contributed by atoms with Gasteiger partial charge in [-0.05, 0) is 12.6 Å². The summed E-state index contributed by atoms with van der Waals surface area (Å²) in [5.41, 5.74) is 0.0666. The van der Waals surface area contributed by atoms with Crippen LogP contribution in [0.2, 0.25) is 0 Å². The number of benzene rings is 1. The Morgan fingerprint density at radius 1 is 1.42 bits per heavy atom. The van der Waals surface area contributed by atoms with E-state index in [-0.39, 0.29) is 42.8 Å². The first-order valence-electron chi connectivity index (χ1n) is 7.22. The summed E-state index contributed by atoms with van der Waals surface area (Å²) in [4.78, 5) is 35.4. The van der Waals surface area contributed by atoms with E-state index < -0.39 is 10.8 Å². The van der Waals surface area contributed by atoms with E-state index in [1.165, 1.54) is 23.1 Å². The van der Waals surface area contributed by atoms with Crippen molar-refractivity contribution in [1.29, 1.82) is 0 Å². The average Bonchev–Trinajstić information content (AvgIpc) is 2.53. The van der Waals surface area contributed by atoms with Gasteiger partial charge in [0.2, 0.25) is 5.91 Å². The number of rotatable bonds is 7. The van der Waals surface area contributed by atoms with Gasteiger partial charge in [-0.15, -0.1) is 12.4 Å². The first-order valence-corrected chi connectivity index (χ1v) is 7.22. The molecule has 9 nitrogen and oxygen atoms in total. The van der Waals surface area contributed by atoms with Gasteiger partial charge in [-0.2, -0.15) is 0 Å². The van der Waals surface area contributed by atoms with E-state index in [2.05, 4.69) is 10.6 Å². The van der Waals surface area contributed by atoms with E-state index in [0.29, 0.717) is 18.8 Å². The van der Waals surface area contributed by atoms with Crippen LogP contribution in [0.15, 0.2) is 18.2 Å². The summed E-state index contributed by atoms with van der Waals surface area (Å²) in [5.74, 6) is -0.411. The minimum absolute atomic E-state index is 0. The van der Waals surface area contributed by atoms with E-state index >= 15 is 0 Å². The second kappa shape index (κ2) is 9.04. The van der Waals surface area contributed by atoms with Crippen molar-refractivity contribution < 1.29 is 19.2 Å². The van der Waals surface area contributed by atoms with Gasteiger partial charge in [0.25, 0.3) is 11.6 Å². The van der Waals surface area contributed by atoms with Crippen LogP contribution < -0.4 is 20.3 Å². The molecule has 1 aromatic rings. The molecule has 132 valence electrons. The molecular weight excluding hydrogens is 340 g/mol. The van der Waals surface area contributed by atoms with Gasteiger partial charge in [-0.3, -0.25) is 24.6 Å². The van der Waals surface area contributed by atoms with Crippen LogP contribution in [0, 0.1) is 10.1 Å². The molecule has 0 fully saturated rings. The van der Waals surface area contributed by atoms with Crippen molar-refractivity contribution in [2.24, 2.45) is 0 Å². The quantitative estimate of drug-likeness (QED) is 0.416. The van der Waals surface area contributed by atoms with E-state index in [4.69, 9.17) is 4.74 Å². The molecule has 24 heavy (non-hydrogen) atoms. The molecule has 0 atom stereocenters. The maximum absolute atomic E-state index is 12.0. The molecule has 2 N–H and O–H groups in total. The zero-order valence-corrected chi connectivity index (χ0v) is 13.9. The highest BCUT2D eigenvalue weighted by atomic mass is 35.5. The Morgan fingerprint density at radius 3 is 2.83 bits per heavy atom. The summed E-state index contributed by atoms with van der Waals surface area (Å²) in [6, 6.07) is 3.96. The lowest BCUT2D eigenvalue weighted by Crippen LogP contribution is -2.46. The molecule has 10 heteroatoms. The Labute approximate surface area is 144 Å². The highest BCUT2D eigenvalue weighted by Gasteiger charge is 2.29. The zero-order valence-electron chi connectivity index (χ0n) is 13.1. The fourth-order valence-corrected chi connectivity index (χ4v) is 2.14. The van der Waals surface area contributed by atoms with Crippen molar-refractivity contribution in [2.45, 2.75) is 6.92 Å². The van der Waals surface area contributed by atoms with Crippen molar-refractivity contribution >= 4 is 35.6 Å². The highest BCUT2D eigenvalue weighted by Crippen LogP contribution is 2.34. The second-order valence-electron chi connectivity index (χ2n) is 4.88. The van der Waals surface area contributed by atoms with Crippen LogP contribution in [0.25, 0.3) is 0 Å². The Balaban J connectivity index is 0.00000288. The van der Waals surface area contributed by atoms with Gasteiger partial charge in [-0.25, -0.2) is 0 Å². The third kappa shape index (κ3) is 4.80. The van der Waals surface area contributed by atoms with Crippen LogP contribution in [-0.2, 0) is 9.59 Å². The van der Waals surface area contributed by atoms with Gasteiger partial charge in [0.15, 0.2) is 6.61 Å². The molecule has 0 saturated heterocycles. The molecule has 1 heterocycles. The molecular formula is C14H19ClN4O5. The third-order valence-electron chi connectivity index (χ3n) is 3.27. The number of nitrogens with one attached hydrogen (secondary N) is 2. The summed E-state index contributed by atoms with van der Waals surface area (Å²) in [7, 11) is 0. The fourth-order valence-electron chi connectivity index (χ4n) is 2.14. The second-order valence-corrected chi connectivity index (χ2v) is 4.88. The number of nitrogens with zero attached hydrogens (tertiary/aromatic N) is 2. The summed E-state index contributed by atoms with van der Waals surface area (Å²) < 4.78 is 5.24. The Bertz CT molecular complexity index is 625. The number of amides is 2. The molecule has 0 radical (unpaired) electrons. The predicted molar refractivity (Wildman–Crippen MR) is 89.7 cm³/mol. The number of fused-ring (bicyclic) bond motifs is 1. The maximum atomic E-state index is 12.0. The van der Waals surface area contributed by atoms with Crippen LogP contribution in [0.5, 0.6) is 5.75 Å². The van der Waals surface area contributed by atoms with Crippen molar-refractivity contribution in [2.75, 3.05) is 37.7 Å². The standard InChI is InChI=1S/C14H18N4O5.ClH/c1-2-15-5-6-16-13(19)8-17-11-7-10(18(21)22)3-4-12(11)23-9-14(17)20;/h3-4,7,15H,2,5-6,8-9H2,1H3,(H,16,19);1H. The molecule has 0 bridgehead atoms. The molecule has 0 unspecified atom stereocenters. The van der Waals surface area contributed by atoms with Crippen molar-refractivity contribution in [3.05, 3.63) is 28.3 Å². The largest absolute Gasteiger partial charge is 0.482 e. The Hall–Kier alpha value is -2.39. The smallest absolute Gasteiger partial charge is 0.271 e. The number of halogens is 1. The number of likely N-dealkylation sites (N-methyl/N-ethyl adjacent to an activating group) is 1. The molecule has 0 aromatic heterocycles. The number of anilines is 1. The van der Waals surface area contributed by atoms with Gasteiger partial charge in [0.1, 0.15) is 12.3 Å². The van der Waals surface area contributed by atoms with E-state index in [1.54, 1.807) is 0 Å². The van der Waals surface area contributed by atoms with Crippen LogP contribution in [0.3, 0.4) is 0 Å². The lowest BCUT2D eigenvalue weighted by atomic mass is 10.2. The molecule has 2 rings (SSSR count). The molecule has 0 spiro atoms. The average molecular weight is 359 g/mol. The number of hydrogen-bond acceptors (Lipinski definition) is 6.